The average Bonchev–Trinajstić information content (AvgIpc) is 3.01. The van der Waals surface area contributed by atoms with Crippen LogP contribution in [0.3, 0.4) is 0 Å². The second kappa shape index (κ2) is 5.46. The maximum atomic E-state index is 11.9. The van der Waals surface area contributed by atoms with Gasteiger partial charge in [-0.2, -0.15) is 0 Å². The lowest BCUT2D eigenvalue weighted by Crippen LogP contribution is -2.16. The topological polar surface area (TPSA) is 49.3 Å². The van der Waals surface area contributed by atoms with Crippen LogP contribution in [-0.2, 0) is 4.79 Å². The maximum Gasteiger partial charge on any atom is 0.228 e. The second-order valence-corrected chi connectivity index (χ2v) is 5.59. The molecule has 3 nitrogen and oxygen atoms in total. The largest absolute Gasteiger partial charge is 0.395 e. The summed E-state index contributed by atoms with van der Waals surface area (Å²) in [6, 6.07) is 7.46. The normalized spacial score (nSPS) is 19.2. The molecule has 2 rings (SSSR count). The Morgan fingerprint density at radius 3 is 2.58 bits per heavy atom. The van der Waals surface area contributed by atoms with Crippen molar-refractivity contribution >= 4 is 11.6 Å². The van der Waals surface area contributed by atoms with Crippen LogP contribution < -0.4 is 5.32 Å². The Morgan fingerprint density at radius 2 is 2.05 bits per heavy atom. The summed E-state index contributed by atoms with van der Waals surface area (Å²) in [6.07, 6.45) is 1.44. The highest BCUT2D eigenvalue weighted by molar-refractivity contribution is 5.95. The quantitative estimate of drug-likeness (QED) is 0.817. The van der Waals surface area contributed by atoms with Gasteiger partial charge in [-0.1, -0.05) is 25.7 Å². The van der Waals surface area contributed by atoms with E-state index in [4.69, 9.17) is 5.11 Å². The Labute approximate surface area is 114 Å². The van der Waals surface area contributed by atoms with Crippen LogP contribution in [0.15, 0.2) is 24.3 Å². The smallest absolute Gasteiger partial charge is 0.228 e. The van der Waals surface area contributed by atoms with Crippen LogP contribution in [0.2, 0.25) is 0 Å². The minimum absolute atomic E-state index is 0.0817. The molecule has 1 aromatic rings. The molecule has 2 N–H and O–H groups in total. The van der Waals surface area contributed by atoms with Gasteiger partial charge >= 0.3 is 0 Å². The fourth-order valence-corrected chi connectivity index (χ4v) is 2.00. The molecule has 1 atom stereocenters. The molecule has 1 aliphatic carbocycles. The molecule has 0 spiro atoms. The van der Waals surface area contributed by atoms with Crippen LogP contribution in [0, 0.1) is 23.2 Å². The highest BCUT2D eigenvalue weighted by Gasteiger charge is 2.50. The molecular formula is C16H19NO2. The fourth-order valence-electron chi connectivity index (χ4n) is 2.00. The third-order valence-electron chi connectivity index (χ3n) is 3.45. The number of benzene rings is 1. The molecule has 100 valence electrons. The molecule has 0 bridgehead atoms. The zero-order chi connectivity index (χ0) is 13.9. The third-order valence-corrected chi connectivity index (χ3v) is 3.45. The molecule has 1 aliphatic rings. The Hall–Kier alpha value is -1.79. The van der Waals surface area contributed by atoms with E-state index in [1.54, 1.807) is 0 Å². The zero-order valence-corrected chi connectivity index (χ0v) is 11.4. The van der Waals surface area contributed by atoms with Crippen LogP contribution >= 0.6 is 0 Å². The van der Waals surface area contributed by atoms with Crippen molar-refractivity contribution in [3.05, 3.63) is 29.8 Å². The van der Waals surface area contributed by atoms with Crippen LogP contribution in [0.4, 0.5) is 5.69 Å². The van der Waals surface area contributed by atoms with Crippen molar-refractivity contribution in [2.75, 3.05) is 11.9 Å². The minimum Gasteiger partial charge on any atom is -0.395 e. The highest BCUT2D eigenvalue weighted by Crippen LogP contribution is 2.51. The van der Waals surface area contributed by atoms with Crippen molar-refractivity contribution in [1.29, 1.82) is 0 Å². The number of aliphatic hydroxyl groups is 1. The van der Waals surface area contributed by atoms with Crippen molar-refractivity contribution in [1.82, 2.24) is 0 Å². The van der Waals surface area contributed by atoms with Gasteiger partial charge in [0.25, 0.3) is 0 Å². The summed E-state index contributed by atoms with van der Waals surface area (Å²) in [5.74, 6) is 6.05. The van der Waals surface area contributed by atoms with Gasteiger partial charge in [-0.15, -0.1) is 0 Å². The SMILES string of the molecule is CC1(C)CC1C(=O)Nc1ccc(C#CCCO)cc1. The molecular weight excluding hydrogens is 238 g/mol. The van der Waals surface area contributed by atoms with E-state index in [-0.39, 0.29) is 23.8 Å². The number of carbonyl (C=O) groups excluding carboxylic acids is 1. The molecule has 1 fully saturated rings. The van der Waals surface area contributed by atoms with Crippen molar-refractivity contribution in [2.45, 2.75) is 26.7 Å². The lowest BCUT2D eigenvalue weighted by Gasteiger charge is -2.06. The number of hydrogen-bond acceptors (Lipinski definition) is 2. The first-order chi connectivity index (χ1) is 9.03. The summed E-state index contributed by atoms with van der Waals surface area (Å²) < 4.78 is 0. The Kier molecular flexibility index (Phi) is 3.92. The van der Waals surface area contributed by atoms with E-state index in [0.717, 1.165) is 17.7 Å². The van der Waals surface area contributed by atoms with Gasteiger partial charge in [0.2, 0.25) is 5.91 Å². The summed E-state index contributed by atoms with van der Waals surface area (Å²) >= 11 is 0. The van der Waals surface area contributed by atoms with E-state index < -0.39 is 0 Å². The zero-order valence-electron chi connectivity index (χ0n) is 11.4. The van der Waals surface area contributed by atoms with Crippen molar-refractivity contribution in [3.8, 4) is 11.8 Å². The molecule has 0 aromatic heterocycles. The lowest BCUT2D eigenvalue weighted by molar-refractivity contribution is -0.118. The van der Waals surface area contributed by atoms with Gasteiger partial charge in [-0.05, 0) is 36.1 Å². The molecule has 0 radical (unpaired) electrons. The van der Waals surface area contributed by atoms with Crippen LogP contribution in [0.1, 0.15) is 32.3 Å². The second-order valence-electron chi connectivity index (χ2n) is 5.59. The van der Waals surface area contributed by atoms with Gasteiger partial charge in [0.15, 0.2) is 0 Å². The predicted octanol–water partition coefficient (Wildman–Crippen LogP) is 2.41. The van der Waals surface area contributed by atoms with Crippen LogP contribution in [-0.4, -0.2) is 17.6 Å². The van der Waals surface area contributed by atoms with Crippen LogP contribution in [0.5, 0.6) is 0 Å². The monoisotopic (exact) mass is 257 g/mol. The van der Waals surface area contributed by atoms with Crippen LogP contribution in [0.25, 0.3) is 0 Å². The van der Waals surface area contributed by atoms with Gasteiger partial charge in [-0.3, -0.25) is 4.79 Å². The van der Waals surface area contributed by atoms with Gasteiger partial charge in [0.1, 0.15) is 0 Å². The highest BCUT2D eigenvalue weighted by atomic mass is 16.2. The number of carbonyl (C=O) groups is 1. The molecule has 0 aliphatic heterocycles. The number of anilines is 1. The van der Waals surface area contributed by atoms with E-state index in [0.29, 0.717) is 6.42 Å². The van der Waals surface area contributed by atoms with E-state index >= 15 is 0 Å². The molecule has 1 saturated carbocycles. The van der Waals surface area contributed by atoms with Gasteiger partial charge < -0.3 is 10.4 Å². The standard InChI is InChI=1S/C16H19NO2/c1-16(2)11-14(16)15(19)17-13-8-6-12(7-9-13)5-3-4-10-18/h6-9,14,18H,4,10-11H2,1-2H3,(H,17,19). The summed E-state index contributed by atoms with van der Waals surface area (Å²) in [5, 5.41) is 11.6. The number of amides is 1. The molecule has 0 heterocycles. The van der Waals surface area contributed by atoms with Crippen molar-refractivity contribution < 1.29 is 9.90 Å². The van der Waals surface area contributed by atoms with Crippen molar-refractivity contribution in [3.63, 3.8) is 0 Å². The van der Waals surface area contributed by atoms with Crippen molar-refractivity contribution in [2.24, 2.45) is 11.3 Å². The average molecular weight is 257 g/mol. The molecule has 3 heteroatoms. The fraction of sp³-hybridized carbons (Fsp3) is 0.438. The Morgan fingerprint density at radius 1 is 1.42 bits per heavy atom. The van der Waals surface area contributed by atoms with Gasteiger partial charge in [-0.25, -0.2) is 0 Å². The summed E-state index contributed by atoms with van der Waals surface area (Å²) in [5.41, 5.74) is 1.85. The number of hydrogen-bond donors (Lipinski definition) is 2. The van der Waals surface area contributed by atoms with E-state index in [1.165, 1.54) is 0 Å². The molecule has 1 amide bonds. The van der Waals surface area contributed by atoms with E-state index in [9.17, 15) is 4.79 Å². The minimum atomic E-state index is 0.0817. The number of rotatable bonds is 3. The first-order valence-electron chi connectivity index (χ1n) is 6.53. The molecule has 1 unspecified atom stereocenters. The van der Waals surface area contributed by atoms with Gasteiger partial charge in [0, 0.05) is 23.6 Å². The summed E-state index contributed by atoms with van der Waals surface area (Å²) in [7, 11) is 0. The molecule has 19 heavy (non-hydrogen) atoms. The van der Waals surface area contributed by atoms with Gasteiger partial charge in [0.05, 0.1) is 6.61 Å². The Balaban J connectivity index is 1.93. The maximum absolute atomic E-state index is 11.9. The molecule has 1 aromatic carbocycles. The Bertz CT molecular complexity index is 520. The third kappa shape index (κ3) is 3.59. The first-order valence-corrected chi connectivity index (χ1v) is 6.53. The number of aliphatic hydroxyl groups excluding tert-OH is 1. The summed E-state index contributed by atoms with van der Waals surface area (Å²) in [6.45, 7) is 4.30. The van der Waals surface area contributed by atoms with E-state index in [2.05, 4.69) is 31.0 Å². The first kappa shape index (κ1) is 13.6. The summed E-state index contributed by atoms with van der Waals surface area (Å²) in [4.78, 5) is 11.9. The molecule has 0 saturated heterocycles. The predicted molar refractivity (Wildman–Crippen MR) is 75.5 cm³/mol. The number of nitrogens with one attached hydrogen (secondary N) is 1. The van der Waals surface area contributed by atoms with E-state index in [1.807, 2.05) is 24.3 Å². The lowest BCUT2D eigenvalue weighted by atomic mass is 10.1.